The smallest absolute Gasteiger partial charge is 0.332 e. The third kappa shape index (κ3) is 17.7. The van der Waals surface area contributed by atoms with E-state index in [0.29, 0.717) is 6.42 Å². The van der Waals surface area contributed by atoms with E-state index in [1.807, 2.05) is 0 Å². The van der Waals surface area contributed by atoms with Crippen LogP contribution in [0.3, 0.4) is 0 Å². The predicted molar refractivity (Wildman–Crippen MR) is 99.0 cm³/mol. The number of carbonyl (C=O) groups excluding carboxylic acids is 1. The number of carbonyl (C=O) groups is 1. The van der Waals surface area contributed by atoms with Gasteiger partial charge in [-0.1, -0.05) is 109 Å². The molecule has 0 radical (unpaired) electrons. The van der Waals surface area contributed by atoms with Gasteiger partial charge in [-0.3, -0.25) is 0 Å². The average Bonchev–Trinajstić information content (AvgIpc) is 2.59. The number of hydrogen-bond donors (Lipinski definition) is 0. The van der Waals surface area contributed by atoms with Gasteiger partial charge in [-0.2, -0.15) is 0 Å². The minimum atomic E-state index is -0.297. The van der Waals surface area contributed by atoms with Gasteiger partial charge in [0.15, 0.2) is 0 Å². The maximum absolute atomic E-state index is 11.5. The van der Waals surface area contributed by atoms with Crippen molar-refractivity contribution in [1.29, 1.82) is 10.5 Å². The van der Waals surface area contributed by atoms with Gasteiger partial charge in [0, 0.05) is 5.78 Å². The Hall–Kier alpha value is -0.883. The van der Waals surface area contributed by atoms with Crippen molar-refractivity contribution in [3.05, 3.63) is 5.92 Å². The molecule has 0 saturated carbocycles. The number of ketones is 1. The van der Waals surface area contributed by atoms with Crippen LogP contribution in [0.15, 0.2) is 0 Å². The van der Waals surface area contributed by atoms with E-state index in [9.17, 15) is 4.79 Å². The first kappa shape index (κ1) is 26.3. The summed E-state index contributed by atoms with van der Waals surface area (Å²) >= 11 is 0. The molecule has 0 rings (SSSR count). The molecule has 0 spiro atoms. The fourth-order valence-electron chi connectivity index (χ4n) is 2.93. The average molecular weight is 338 g/mol. The fraction of sp³-hybridized carbons (Fsp3) is 0.810. The van der Waals surface area contributed by atoms with Crippen LogP contribution < -0.4 is 18.9 Å². The van der Waals surface area contributed by atoms with Crippen molar-refractivity contribution in [1.82, 2.24) is 0 Å². The van der Waals surface area contributed by atoms with Gasteiger partial charge in [-0.15, -0.1) is 5.92 Å². The number of nitrogens with zero attached hydrogens (tertiary/aromatic N) is 2. The van der Waals surface area contributed by atoms with E-state index in [1.54, 1.807) is 12.1 Å². The Morgan fingerprint density at radius 2 is 1.00 bits per heavy atom. The molecule has 0 unspecified atom stereocenters. The fourth-order valence-corrected chi connectivity index (χ4v) is 2.93. The Morgan fingerprint density at radius 1 is 0.680 bits per heavy atom. The standard InChI is InChI=1S/C21H35N2O.Li/c1-2-3-4-5-6-7-8-9-10-11-12-13-14-15-16-17-21(24)20(18-22)19-23;/h2-17H2,1H3;/q-1;+1. The molecule has 0 aromatic rings. The summed E-state index contributed by atoms with van der Waals surface area (Å²) in [4.78, 5) is 11.5. The van der Waals surface area contributed by atoms with Crippen molar-refractivity contribution in [3.63, 3.8) is 0 Å². The summed E-state index contributed by atoms with van der Waals surface area (Å²) in [5.74, 6) is -0.546. The zero-order valence-corrected chi connectivity index (χ0v) is 16.6. The van der Waals surface area contributed by atoms with Crippen LogP contribution in [0.2, 0.25) is 0 Å². The molecule has 0 bridgehead atoms. The molecule has 0 heterocycles. The molecule has 0 aromatic carbocycles. The second-order valence-corrected chi connectivity index (χ2v) is 6.72. The largest absolute Gasteiger partial charge is 1.00 e. The van der Waals surface area contributed by atoms with E-state index < -0.39 is 0 Å². The van der Waals surface area contributed by atoms with Crippen molar-refractivity contribution >= 4 is 5.78 Å². The third-order valence-electron chi connectivity index (χ3n) is 4.51. The molecular weight excluding hydrogens is 303 g/mol. The van der Waals surface area contributed by atoms with Crippen LogP contribution in [0.1, 0.15) is 110 Å². The number of Topliss-reactive ketones (excluding diaryl/α,β-unsaturated/α-hetero) is 1. The quantitative estimate of drug-likeness (QED) is 0.232. The first-order valence-electron chi connectivity index (χ1n) is 9.96. The molecule has 0 aliphatic rings. The van der Waals surface area contributed by atoms with Crippen LogP contribution in [0.25, 0.3) is 0 Å². The van der Waals surface area contributed by atoms with Crippen LogP contribution in [0.4, 0.5) is 0 Å². The summed E-state index contributed by atoms with van der Waals surface area (Å²) in [5, 5.41) is 17.2. The van der Waals surface area contributed by atoms with Gasteiger partial charge in [0.2, 0.25) is 0 Å². The summed E-state index contributed by atoms with van der Waals surface area (Å²) in [5.41, 5.74) is 0. The Bertz CT molecular complexity index is 370. The molecule has 136 valence electrons. The van der Waals surface area contributed by atoms with Crippen molar-refractivity contribution < 1.29 is 23.7 Å². The molecule has 0 fully saturated rings. The van der Waals surface area contributed by atoms with E-state index in [1.165, 1.54) is 77.0 Å². The molecule has 25 heavy (non-hydrogen) atoms. The Morgan fingerprint density at radius 3 is 1.32 bits per heavy atom. The van der Waals surface area contributed by atoms with Gasteiger partial charge in [-0.25, -0.2) is 10.5 Å². The third-order valence-corrected chi connectivity index (χ3v) is 4.51. The number of hydrogen-bond acceptors (Lipinski definition) is 3. The molecule has 3 nitrogen and oxygen atoms in total. The van der Waals surface area contributed by atoms with Crippen LogP contribution >= 0.6 is 0 Å². The molecular formula is C21H35LiN2O. The number of nitriles is 2. The monoisotopic (exact) mass is 338 g/mol. The summed E-state index contributed by atoms with van der Waals surface area (Å²) in [6.45, 7) is 2.26. The number of rotatable bonds is 17. The van der Waals surface area contributed by atoms with Gasteiger partial charge in [0.25, 0.3) is 0 Å². The summed E-state index contributed by atoms with van der Waals surface area (Å²) in [6, 6.07) is 3.32. The van der Waals surface area contributed by atoms with Gasteiger partial charge >= 0.3 is 18.9 Å². The minimum absolute atomic E-state index is 0. The summed E-state index contributed by atoms with van der Waals surface area (Å²) < 4.78 is 0. The topological polar surface area (TPSA) is 64.7 Å². The molecule has 0 atom stereocenters. The summed E-state index contributed by atoms with van der Waals surface area (Å²) in [6.07, 6.45) is 19.7. The maximum Gasteiger partial charge on any atom is 1.00 e. The van der Waals surface area contributed by atoms with E-state index in [4.69, 9.17) is 10.5 Å². The Balaban J connectivity index is 0. The van der Waals surface area contributed by atoms with E-state index >= 15 is 0 Å². The van der Waals surface area contributed by atoms with Crippen molar-refractivity contribution in [2.24, 2.45) is 0 Å². The first-order valence-corrected chi connectivity index (χ1v) is 9.96. The second-order valence-electron chi connectivity index (χ2n) is 6.72. The molecule has 4 heteroatoms. The predicted octanol–water partition coefficient (Wildman–Crippen LogP) is 3.44. The van der Waals surface area contributed by atoms with Gasteiger partial charge in [-0.05, 0) is 12.8 Å². The molecule has 0 N–H and O–H groups in total. The van der Waals surface area contributed by atoms with Gasteiger partial charge < -0.3 is 4.79 Å². The van der Waals surface area contributed by atoms with Gasteiger partial charge in [0.1, 0.15) is 0 Å². The summed E-state index contributed by atoms with van der Waals surface area (Å²) in [7, 11) is 0. The number of unbranched alkanes of at least 4 members (excludes halogenated alkanes) is 14. The van der Waals surface area contributed by atoms with Gasteiger partial charge in [0.05, 0.1) is 0 Å². The second kappa shape index (κ2) is 21.2. The van der Waals surface area contributed by atoms with Crippen LogP contribution in [-0.2, 0) is 4.79 Å². The molecule has 0 aliphatic carbocycles. The van der Waals surface area contributed by atoms with Crippen LogP contribution in [0, 0.1) is 28.6 Å². The Kier molecular flexibility index (Phi) is 22.3. The molecule has 0 aromatic heterocycles. The van der Waals surface area contributed by atoms with Crippen molar-refractivity contribution in [3.8, 4) is 12.1 Å². The zero-order chi connectivity index (χ0) is 17.9. The molecule has 0 saturated heterocycles. The van der Waals surface area contributed by atoms with E-state index in [0.717, 1.165) is 19.3 Å². The SMILES string of the molecule is CCCCCCCCCCCCCCCCCC(=O)[C-](C#N)C#N.[Li+]. The first-order chi connectivity index (χ1) is 11.8. The van der Waals surface area contributed by atoms with Crippen molar-refractivity contribution in [2.45, 2.75) is 110 Å². The normalized spacial score (nSPS) is 9.72. The van der Waals surface area contributed by atoms with Crippen LogP contribution in [-0.4, -0.2) is 5.78 Å². The van der Waals surface area contributed by atoms with E-state index in [2.05, 4.69) is 6.92 Å². The maximum atomic E-state index is 11.5. The Labute approximate surface area is 167 Å². The zero-order valence-electron chi connectivity index (χ0n) is 16.6. The van der Waals surface area contributed by atoms with E-state index in [-0.39, 0.29) is 30.6 Å². The van der Waals surface area contributed by atoms with Crippen LogP contribution in [0.5, 0.6) is 0 Å². The van der Waals surface area contributed by atoms with Crippen molar-refractivity contribution in [2.75, 3.05) is 0 Å². The minimum Gasteiger partial charge on any atom is -0.332 e. The molecule has 0 aliphatic heterocycles. The molecule has 0 amide bonds.